The van der Waals surface area contributed by atoms with E-state index in [-0.39, 0.29) is 5.69 Å². The van der Waals surface area contributed by atoms with Gasteiger partial charge in [0.15, 0.2) is 22.9 Å². The molecule has 2 aromatic rings. The highest BCUT2D eigenvalue weighted by Crippen LogP contribution is 2.18. The maximum Gasteiger partial charge on any atom is 0.337 e. The number of aliphatic carboxylic acids is 1. The van der Waals surface area contributed by atoms with E-state index in [0.717, 1.165) is 23.7 Å². The summed E-state index contributed by atoms with van der Waals surface area (Å²) in [6.07, 6.45) is 1.27. The Morgan fingerprint density at radius 3 is 2.46 bits per heavy atom. The lowest BCUT2D eigenvalue weighted by molar-refractivity contribution is -0.155. The zero-order chi connectivity index (χ0) is 18.1. The number of carboxylic acid groups (broad SMARTS) is 1. The zero-order valence-electron chi connectivity index (χ0n) is 12.9. The third-order valence-electron chi connectivity index (χ3n) is 3.33. The Balaban J connectivity index is 2.26. The first kappa shape index (κ1) is 17.5. The molecule has 1 atom stereocenters. The second-order valence-corrected chi connectivity index (χ2v) is 5.44. The third kappa shape index (κ3) is 3.40. The van der Waals surface area contributed by atoms with Gasteiger partial charge in [0.25, 0.3) is 5.91 Å². The van der Waals surface area contributed by atoms with Gasteiger partial charge in [-0.1, -0.05) is 6.07 Å². The number of aliphatic hydroxyl groups is 1. The van der Waals surface area contributed by atoms with Gasteiger partial charge in [-0.05, 0) is 26.0 Å². The number of carbonyl (C=O) groups is 2. The van der Waals surface area contributed by atoms with Crippen molar-refractivity contribution in [3.05, 3.63) is 47.3 Å². The highest BCUT2D eigenvalue weighted by molar-refractivity contribution is 5.94. The van der Waals surface area contributed by atoms with Crippen LogP contribution in [0.2, 0.25) is 0 Å². The van der Waals surface area contributed by atoms with Crippen molar-refractivity contribution >= 4 is 11.9 Å². The smallest absolute Gasteiger partial charge is 0.337 e. The minimum absolute atomic E-state index is 0.140. The number of amides is 1. The van der Waals surface area contributed by atoms with Crippen LogP contribution < -0.4 is 5.32 Å². The first-order valence-electron chi connectivity index (χ1n) is 6.88. The van der Waals surface area contributed by atoms with Crippen LogP contribution in [0.1, 0.15) is 23.0 Å². The fraction of sp³-hybridized carbons (Fsp3) is 0.267. The summed E-state index contributed by atoms with van der Waals surface area (Å²) in [5.41, 5.74) is -2.40. The average molecular weight is 339 g/mol. The van der Waals surface area contributed by atoms with E-state index >= 15 is 0 Å². The topological polar surface area (TPSA) is 104 Å². The lowest BCUT2D eigenvalue weighted by Gasteiger charge is -2.17. The molecule has 1 heterocycles. The van der Waals surface area contributed by atoms with Crippen LogP contribution in [0.3, 0.4) is 0 Å². The molecule has 1 aromatic carbocycles. The molecular formula is C15H15F2N3O4. The minimum Gasteiger partial charge on any atom is -0.479 e. The van der Waals surface area contributed by atoms with Gasteiger partial charge in [-0.25, -0.2) is 18.3 Å². The molecule has 7 nitrogen and oxygen atoms in total. The molecule has 0 fully saturated rings. The van der Waals surface area contributed by atoms with Gasteiger partial charge in [0.05, 0.1) is 6.54 Å². The summed E-state index contributed by atoms with van der Waals surface area (Å²) in [7, 11) is 0. The molecule has 0 bridgehead atoms. The van der Waals surface area contributed by atoms with Gasteiger partial charge in [-0.2, -0.15) is 5.10 Å². The van der Waals surface area contributed by atoms with Crippen molar-refractivity contribution in [1.29, 1.82) is 0 Å². The molecule has 3 N–H and O–H groups in total. The Morgan fingerprint density at radius 1 is 1.33 bits per heavy atom. The maximum atomic E-state index is 13.8. The Morgan fingerprint density at radius 2 is 1.92 bits per heavy atom. The number of nitrogens with one attached hydrogen (secondary N) is 1. The standard InChI is InChI=1S/C15H15F2N3O4/c1-8-6-20(12-9(16)4-3-5-10(12)17)19-11(8)13(21)18-7-15(2,24)14(22)23/h3-6,24H,7H2,1-2H3,(H,18,21)(H,22,23). The van der Waals surface area contributed by atoms with Crippen molar-refractivity contribution in [1.82, 2.24) is 15.1 Å². The summed E-state index contributed by atoms with van der Waals surface area (Å²) >= 11 is 0. The molecule has 1 unspecified atom stereocenters. The molecule has 9 heteroatoms. The van der Waals surface area contributed by atoms with Crippen molar-refractivity contribution in [2.75, 3.05) is 6.54 Å². The predicted molar refractivity (Wildman–Crippen MR) is 78.8 cm³/mol. The Bertz CT molecular complexity index is 782. The van der Waals surface area contributed by atoms with Crippen molar-refractivity contribution < 1.29 is 28.6 Å². The molecule has 2 rings (SSSR count). The average Bonchev–Trinajstić information content (AvgIpc) is 2.86. The largest absolute Gasteiger partial charge is 0.479 e. The van der Waals surface area contributed by atoms with Gasteiger partial charge in [0, 0.05) is 11.8 Å². The fourth-order valence-corrected chi connectivity index (χ4v) is 1.92. The van der Waals surface area contributed by atoms with E-state index < -0.39 is 41.3 Å². The molecule has 0 aliphatic carbocycles. The summed E-state index contributed by atoms with van der Waals surface area (Å²) in [4.78, 5) is 22.9. The summed E-state index contributed by atoms with van der Waals surface area (Å²) in [5, 5.41) is 24.4. The Hall–Kier alpha value is -2.81. The fourth-order valence-electron chi connectivity index (χ4n) is 1.92. The van der Waals surface area contributed by atoms with Gasteiger partial charge >= 0.3 is 5.97 Å². The van der Waals surface area contributed by atoms with Crippen LogP contribution in [0.5, 0.6) is 0 Å². The van der Waals surface area contributed by atoms with Gasteiger partial charge < -0.3 is 15.5 Å². The van der Waals surface area contributed by atoms with Crippen LogP contribution in [0.25, 0.3) is 5.69 Å². The van der Waals surface area contributed by atoms with Crippen LogP contribution in [0, 0.1) is 18.6 Å². The number of benzene rings is 1. The number of halogens is 2. The summed E-state index contributed by atoms with van der Waals surface area (Å²) < 4.78 is 28.4. The molecule has 0 saturated heterocycles. The van der Waals surface area contributed by atoms with Crippen LogP contribution in [-0.4, -0.2) is 44.0 Å². The number of aromatic nitrogens is 2. The van der Waals surface area contributed by atoms with E-state index in [1.807, 2.05) is 0 Å². The molecule has 1 aromatic heterocycles. The molecule has 128 valence electrons. The Kier molecular flexibility index (Phi) is 4.65. The van der Waals surface area contributed by atoms with E-state index in [1.165, 1.54) is 19.2 Å². The lowest BCUT2D eigenvalue weighted by atomic mass is 10.1. The minimum atomic E-state index is -2.15. The van der Waals surface area contributed by atoms with Gasteiger partial charge in [-0.3, -0.25) is 4.79 Å². The van der Waals surface area contributed by atoms with E-state index in [0.29, 0.717) is 5.56 Å². The van der Waals surface area contributed by atoms with Crippen LogP contribution >= 0.6 is 0 Å². The molecule has 0 saturated carbocycles. The van der Waals surface area contributed by atoms with Crippen molar-refractivity contribution in [3.8, 4) is 5.69 Å². The number of aryl methyl sites for hydroxylation is 1. The number of nitrogens with zero attached hydrogens (tertiary/aromatic N) is 2. The first-order valence-corrected chi connectivity index (χ1v) is 6.88. The van der Waals surface area contributed by atoms with Gasteiger partial charge in [0.2, 0.25) is 0 Å². The van der Waals surface area contributed by atoms with Crippen LogP contribution in [-0.2, 0) is 4.79 Å². The number of carbonyl (C=O) groups excluding carboxylic acids is 1. The summed E-state index contributed by atoms with van der Waals surface area (Å²) in [5.74, 6) is -3.97. The highest BCUT2D eigenvalue weighted by Gasteiger charge is 2.31. The molecule has 0 aliphatic rings. The van der Waals surface area contributed by atoms with E-state index in [4.69, 9.17) is 5.11 Å². The second kappa shape index (κ2) is 6.36. The first-order chi connectivity index (χ1) is 11.1. The molecule has 24 heavy (non-hydrogen) atoms. The summed E-state index contributed by atoms with van der Waals surface area (Å²) in [6.45, 7) is 1.98. The number of carboxylic acids is 1. The van der Waals surface area contributed by atoms with E-state index in [2.05, 4.69) is 10.4 Å². The van der Waals surface area contributed by atoms with Crippen LogP contribution in [0.15, 0.2) is 24.4 Å². The second-order valence-electron chi connectivity index (χ2n) is 5.44. The molecular weight excluding hydrogens is 324 g/mol. The Labute approximate surface area is 135 Å². The number of hydrogen-bond donors (Lipinski definition) is 3. The number of para-hydroxylation sites is 1. The monoisotopic (exact) mass is 339 g/mol. The van der Waals surface area contributed by atoms with E-state index in [9.17, 15) is 23.5 Å². The van der Waals surface area contributed by atoms with Crippen LogP contribution in [0.4, 0.5) is 8.78 Å². The zero-order valence-corrected chi connectivity index (χ0v) is 12.9. The van der Waals surface area contributed by atoms with Crippen molar-refractivity contribution in [2.45, 2.75) is 19.4 Å². The summed E-state index contributed by atoms with van der Waals surface area (Å²) in [6, 6.07) is 3.31. The van der Waals surface area contributed by atoms with Crippen molar-refractivity contribution in [2.24, 2.45) is 0 Å². The van der Waals surface area contributed by atoms with Gasteiger partial charge in [-0.15, -0.1) is 0 Å². The molecule has 0 radical (unpaired) electrons. The molecule has 0 aliphatic heterocycles. The number of rotatable bonds is 5. The lowest BCUT2D eigenvalue weighted by Crippen LogP contribution is -2.46. The molecule has 1 amide bonds. The third-order valence-corrected chi connectivity index (χ3v) is 3.33. The highest BCUT2D eigenvalue weighted by atomic mass is 19.1. The van der Waals surface area contributed by atoms with E-state index in [1.54, 1.807) is 0 Å². The van der Waals surface area contributed by atoms with Gasteiger partial charge in [0.1, 0.15) is 5.69 Å². The van der Waals surface area contributed by atoms with Crippen molar-refractivity contribution in [3.63, 3.8) is 0 Å². The maximum absolute atomic E-state index is 13.8. The predicted octanol–water partition coefficient (Wildman–Crippen LogP) is 1.02. The number of hydrogen-bond acceptors (Lipinski definition) is 4. The SMILES string of the molecule is Cc1cn(-c2c(F)cccc2F)nc1C(=O)NCC(C)(O)C(=O)O. The quantitative estimate of drug-likeness (QED) is 0.754. The molecule has 0 spiro atoms. The normalized spacial score (nSPS) is 13.4.